The molecule has 2 rings (SSSR count). The van der Waals surface area contributed by atoms with Gasteiger partial charge in [-0.25, -0.2) is 0 Å². The number of nitrogens with one attached hydrogen (secondary N) is 1. The van der Waals surface area contributed by atoms with Crippen LogP contribution in [0.4, 0.5) is 5.69 Å². The number of rotatable bonds is 3. The molecule has 0 radical (unpaired) electrons. The van der Waals surface area contributed by atoms with E-state index in [0.29, 0.717) is 0 Å². The van der Waals surface area contributed by atoms with Gasteiger partial charge < -0.3 is 5.32 Å². The van der Waals surface area contributed by atoms with Crippen molar-refractivity contribution in [2.24, 2.45) is 5.92 Å². The molecule has 1 aliphatic carbocycles. The fourth-order valence-electron chi connectivity index (χ4n) is 2.12. The second-order valence-electron chi connectivity index (χ2n) is 4.13. The number of hydrogen-bond donors (Lipinski definition) is 1. The highest BCUT2D eigenvalue weighted by atomic mass is 35.5. The Morgan fingerprint density at radius 3 is 2.56 bits per heavy atom. The topological polar surface area (TPSA) is 24.9 Å². The van der Waals surface area contributed by atoms with Crippen molar-refractivity contribution in [2.75, 3.05) is 11.9 Å². The van der Waals surface area contributed by atoms with Crippen LogP contribution in [0, 0.1) is 5.92 Å². The highest BCUT2D eigenvalue weighted by molar-refractivity contribution is 5.85. The molecule has 1 N–H and O–H groups in total. The van der Waals surface area contributed by atoms with Crippen LogP contribution in [0.1, 0.15) is 32.1 Å². The maximum atomic E-state index is 4.09. The van der Waals surface area contributed by atoms with Crippen molar-refractivity contribution in [1.29, 1.82) is 0 Å². The van der Waals surface area contributed by atoms with E-state index in [1.54, 1.807) is 0 Å². The zero-order valence-electron chi connectivity index (χ0n) is 9.39. The maximum absolute atomic E-state index is 4.09. The van der Waals surface area contributed by atoms with Crippen molar-refractivity contribution < 1.29 is 0 Å². The summed E-state index contributed by atoms with van der Waals surface area (Å²) in [5.41, 5.74) is 1.15. The monoisotopic (exact) mass is 262 g/mol. The van der Waals surface area contributed by atoms with Gasteiger partial charge in [0.05, 0.1) is 5.69 Å². The van der Waals surface area contributed by atoms with Crippen LogP contribution in [0.25, 0.3) is 0 Å². The summed E-state index contributed by atoms with van der Waals surface area (Å²) in [5.74, 6) is 0.879. The summed E-state index contributed by atoms with van der Waals surface area (Å²) in [6.45, 7) is 1.12. The Morgan fingerprint density at radius 1 is 1.19 bits per heavy atom. The molecule has 0 saturated heterocycles. The summed E-state index contributed by atoms with van der Waals surface area (Å²) in [4.78, 5) is 4.09. The van der Waals surface area contributed by atoms with Gasteiger partial charge in [0.1, 0.15) is 0 Å². The summed E-state index contributed by atoms with van der Waals surface area (Å²) in [7, 11) is 0. The molecule has 0 atom stereocenters. The van der Waals surface area contributed by atoms with Crippen LogP contribution in [0.15, 0.2) is 24.5 Å². The van der Waals surface area contributed by atoms with Crippen molar-refractivity contribution in [3.63, 3.8) is 0 Å². The zero-order chi connectivity index (χ0) is 9.64. The molecule has 92 valence electrons. The van der Waals surface area contributed by atoms with Crippen molar-refractivity contribution in [3.05, 3.63) is 24.5 Å². The molecule has 2 nitrogen and oxygen atoms in total. The third-order valence-corrected chi connectivity index (χ3v) is 2.98. The molecule has 0 unspecified atom stereocenters. The third-order valence-electron chi connectivity index (χ3n) is 2.98. The number of nitrogens with zero attached hydrogens (tertiary/aromatic N) is 1. The van der Waals surface area contributed by atoms with Crippen LogP contribution < -0.4 is 5.32 Å². The lowest BCUT2D eigenvalue weighted by atomic mass is 9.89. The van der Waals surface area contributed by atoms with E-state index in [2.05, 4.69) is 16.4 Å². The average molecular weight is 263 g/mol. The highest BCUT2D eigenvalue weighted by Crippen LogP contribution is 2.23. The molecule has 4 heteroatoms. The summed E-state index contributed by atoms with van der Waals surface area (Å²) in [5, 5.41) is 3.45. The number of aromatic nitrogens is 1. The van der Waals surface area contributed by atoms with Crippen molar-refractivity contribution >= 4 is 30.5 Å². The predicted octanol–water partition coefficient (Wildman–Crippen LogP) is 3.92. The van der Waals surface area contributed by atoms with E-state index in [1.165, 1.54) is 32.1 Å². The fourth-order valence-corrected chi connectivity index (χ4v) is 2.12. The van der Waals surface area contributed by atoms with Crippen molar-refractivity contribution in [1.82, 2.24) is 4.98 Å². The van der Waals surface area contributed by atoms with Crippen LogP contribution in [0.3, 0.4) is 0 Å². The van der Waals surface area contributed by atoms with Crippen LogP contribution in [-0.4, -0.2) is 11.5 Å². The lowest BCUT2D eigenvalue weighted by Crippen LogP contribution is -2.17. The van der Waals surface area contributed by atoms with Gasteiger partial charge >= 0.3 is 0 Å². The summed E-state index contributed by atoms with van der Waals surface area (Å²) < 4.78 is 0. The summed E-state index contributed by atoms with van der Waals surface area (Å²) in [6, 6.07) is 4.05. The molecule has 0 amide bonds. The van der Waals surface area contributed by atoms with Gasteiger partial charge in [-0.15, -0.1) is 24.8 Å². The quantitative estimate of drug-likeness (QED) is 0.894. The van der Waals surface area contributed by atoms with Crippen LogP contribution in [-0.2, 0) is 0 Å². The summed E-state index contributed by atoms with van der Waals surface area (Å²) in [6.07, 6.45) is 10.8. The first-order chi connectivity index (χ1) is 6.95. The Balaban J connectivity index is 0.00000112. The van der Waals surface area contributed by atoms with E-state index < -0.39 is 0 Å². The second kappa shape index (κ2) is 8.66. The minimum Gasteiger partial charge on any atom is -0.384 e. The largest absolute Gasteiger partial charge is 0.384 e. The molecule has 1 saturated carbocycles. The van der Waals surface area contributed by atoms with E-state index in [1.807, 2.05) is 18.5 Å². The molecule has 1 aliphatic rings. The van der Waals surface area contributed by atoms with Gasteiger partial charge in [-0.2, -0.15) is 0 Å². The number of anilines is 1. The van der Waals surface area contributed by atoms with Gasteiger partial charge in [0.2, 0.25) is 0 Å². The van der Waals surface area contributed by atoms with E-state index in [9.17, 15) is 0 Å². The standard InChI is InChI=1S/C12H18N2.2ClH/c1-2-5-11(6-3-1)9-14-12-7-4-8-13-10-12;;/h4,7-8,10-11,14H,1-3,5-6,9H2;2*1H. The molecule has 1 heterocycles. The number of pyridine rings is 1. The minimum atomic E-state index is 0. The van der Waals surface area contributed by atoms with E-state index in [4.69, 9.17) is 0 Å². The fraction of sp³-hybridized carbons (Fsp3) is 0.583. The number of halogens is 2. The van der Waals surface area contributed by atoms with Gasteiger partial charge in [0.15, 0.2) is 0 Å². The maximum Gasteiger partial charge on any atom is 0.0526 e. The Labute approximate surface area is 110 Å². The molecule has 0 spiro atoms. The molecule has 1 fully saturated rings. The molecule has 1 aromatic rings. The highest BCUT2D eigenvalue weighted by Gasteiger charge is 2.12. The molecule has 0 aliphatic heterocycles. The normalized spacial score (nSPS) is 15.8. The van der Waals surface area contributed by atoms with Crippen LogP contribution in [0.5, 0.6) is 0 Å². The molecular formula is C12H20Cl2N2. The average Bonchev–Trinajstić information content (AvgIpc) is 2.29. The smallest absolute Gasteiger partial charge is 0.0526 e. The van der Waals surface area contributed by atoms with E-state index in [-0.39, 0.29) is 24.8 Å². The van der Waals surface area contributed by atoms with Crippen LogP contribution in [0.2, 0.25) is 0 Å². The molecular weight excluding hydrogens is 243 g/mol. The van der Waals surface area contributed by atoms with Gasteiger partial charge in [0, 0.05) is 18.9 Å². The SMILES string of the molecule is Cl.Cl.c1cncc(NCC2CCCCC2)c1. The van der Waals surface area contributed by atoms with Gasteiger partial charge in [-0.3, -0.25) is 4.98 Å². The van der Waals surface area contributed by atoms with E-state index in [0.717, 1.165) is 18.2 Å². The van der Waals surface area contributed by atoms with Crippen molar-refractivity contribution in [3.8, 4) is 0 Å². The molecule has 1 aromatic heterocycles. The first-order valence-electron chi connectivity index (χ1n) is 5.59. The lowest BCUT2D eigenvalue weighted by Gasteiger charge is -2.22. The Kier molecular flexibility index (Phi) is 8.40. The number of hydrogen-bond acceptors (Lipinski definition) is 2. The zero-order valence-corrected chi connectivity index (χ0v) is 11.0. The molecule has 0 bridgehead atoms. The Bertz CT molecular complexity index is 261. The lowest BCUT2D eigenvalue weighted by molar-refractivity contribution is 0.373. The van der Waals surface area contributed by atoms with Crippen molar-refractivity contribution in [2.45, 2.75) is 32.1 Å². The molecule has 16 heavy (non-hydrogen) atoms. The van der Waals surface area contributed by atoms with Crippen LogP contribution >= 0.6 is 24.8 Å². The van der Waals surface area contributed by atoms with Gasteiger partial charge in [0.25, 0.3) is 0 Å². The minimum absolute atomic E-state index is 0. The van der Waals surface area contributed by atoms with Gasteiger partial charge in [-0.1, -0.05) is 19.3 Å². The first-order valence-corrected chi connectivity index (χ1v) is 5.59. The Hall–Kier alpha value is -0.470. The third kappa shape index (κ3) is 5.04. The first kappa shape index (κ1) is 15.5. The predicted molar refractivity (Wildman–Crippen MR) is 73.8 cm³/mol. The summed E-state index contributed by atoms with van der Waals surface area (Å²) >= 11 is 0. The second-order valence-corrected chi connectivity index (χ2v) is 4.13. The Morgan fingerprint density at radius 2 is 1.94 bits per heavy atom. The van der Waals surface area contributed by atoms with Gasteiger partial charge in [-0.05, 0) is 30.9 Å². The molecule has 0 aromatic carbocycles. The van der Waals surface area contributed by atoms with E-state index >= 15 is 0 Å².